The molecule has 0 bridgehead atoms. The lowest BCUT2D eigenvalue weighted by atomic mass is 9.97. The number of hydrogen-bond acceptors (Lipinski definition) is 4. The summed E-state index contributed by atoms with van der Waals surface area (Å²) >= 11 is 0. The van der Waals surface area contributed by atoms with E-state index >= 15 is 0 Å². The SMILES string of the molecule is CCCN(C(=O)C(NC(=O)OC(C)(C)C)C(C)C)C(C(=O)Nc1c(C)cccc1C)c1cccc(C)c1. The molecule has 2 N–H and O–H groups in total. The van der Waals surface area contributed by atoms with Crippen molar-refractivity contribution in [3.05, 3.63) is 64.7 Å². The summed E-state index contributed by atoms with van der Waals surface area (Å²) in [7, 11) is 0. The monoisotopic (exact) mass is 509 g/mol. The third-order valence-electron chi connectivity index (χ3n) is 6.00. The summed E-state index contributed by atoms with van der Waals surface area (Å²) in [5.74, 6) is -0.852. The van der Waals surface area contributed by atoms with E-state index in [4.69, 9.17) is 4.74 Å². The second-order valence-electron chi connectivity index (χ2n) is 11.0. The number of amides is 3. The van der Waals surface area contributed by atoms with Gasteiger partial charge in [-0.05, 0) is 70.6 Å². The van der Waals surface area contributed by atoms with Crippen molar-refractivity contribution in [2.45, 2.75) is 86.4 Å². The third kappa shape index (κ3) is 8.34. The van der Waals surface area contributed by atoms with Crippen LogP contribution in [-0.2, 0) is 14.3 Å². The van der Waals surface area contributed by atoms with Gasteiger partial charge in [-0.15, -0.1) is 0 Å². The number of ether oxygens (including phenoxy) is 1. The van der Waals surface area contributed by atoms with E-state index in [0.29, 0.717) is 18.5 Å². The number of carbonyl (C=O) groups excluding carboxylic acids is 3. The number of alkyl carbamates (subject to hydrolysis) is 1. The second kappa shape index (κ2) is 12.7. The first kappa shape index (κ1) is 29.9. The molecular weight excluding hydrogens is 466 g/mol. The molecule has 2 unspecified atom stereocenters. The molecule has 2 aromatic carbocycles. The lowest BCUT2D eigenvalue weighted by Gasteiger charge is -2.35. The van der Waals surface area contributed by atoms with Crippen LogP contribution >= 0.6 is 0 Å². The number of anilines is 1. The minimum atomic E-state index is -0.881. The molecule has 0 spiro atoms. The summed E-state index contributed by atoms with van der Waals surface area (Å²) in [5, 5.41) is 5.84. The van der Waals surface area contributed by atoms with Gasteiger partial charge >= 0.3 is 6.09 Å². The third-order valence-corrected chi connectivity index (χ3v) is 6.00. The molecule has 7 nitrogen and oxygen atoms in total. The van der Waals surface area contributed by atoms with Gasteiger partial charge in [0, 0.05) is 12.2 Å². The molecule has 0 aliphatic carbocycles. The molecule has 2 aromatic rings. The van der Waals surface area contributed by atoms with Gasteiger partial charge in [0.05, 0.1) is 0 Å². The Labute approximate surface area is 222 Å². The van der Waals surface area contributed by atoms with Crippen LogP contribution in [-0.4, -0.2) is 41.0 Å². The summed E-state index contributed by atoms with van der Waals surface area (Å²) in [6, 6.07) is 11.7. The standard InChI is InChI=1S/C30H43N3O4/c1-10-17-33(28(35)24(19(2)3)32-29(36)37-30(7,8)9)26(23-16-11-13-20(4)18-23)27(34)31-25-21(5)14-12-15-22(25)6/h11-16,18-19,24,26H,10,17H2,1-9H3,(H,31,34)(H,32,36). The van der Waals surface area contributed by atoms with Gasteiger partial charge in [0.2, 0.25) is 5.91 Å². The molecule has 0 aliphatic heterocycles. The fourth-order valence-corrected chi connectivity index (χ4v) is 4.25. The van der Waals surface area contributed by atoms with Crippen LogP contribution in [0.5, 0.6) is 0 Å². The normalized spacial score (nSPS) is 13.0. The molecule has 0 saturated carbocycles. The molecule has 7 heteroatoms. The fraction of sp³-hybridized carbons (Fsp3) is 0.500. The van der Waals surface area contributed by atoms with Gasteiger partial charge in [-0.2, -0.15) is 0 Å². The minimum Gasteiger partial charge on any atom is -0.444 e. The molecule has 0 heterocycles. The first-order valence-corrected chi connectivity index (χ1v) is 13.0. The maximum atomic E-state index is 14.0. The number of nitrogens with one attached hydrogen (secondary N) is 2. The van der Waals surface area contributed by atoms with Gasteiger partial charge in [0.15, 0.2) is 0 Å². The van der Waals surface area contributed by atoms with Gasteiger partial charge in [-0.25, -0.2) is 4.79 Å². The first-order valence-electron chi connectivity index (χ1n) is 13.0. The van der Waals surface area contributed by atoms with Crippen molar-refractivity contribution < 1.29 is 19.1 Å². The van der Waals surface area contributed by atoms with Crippen molar-refractivity contribution in [3.63, 3.8) is 0 Å². The maximum absolute atomic E-state index is 14.0. The Balaban J connectivity index is 2.53. The Morgan fingerprint density at radius 2 is 1.57 bits per heavy atom. The molecule has 0 aliphatic rings. The number of nitrogens with zero attached hydrogens (tertiary/aromatic N) is 1. The largest absolute Gasteiger partial charge is 0.444 e. The summed E-state index contributed by atoms with van der Waals surface area (Å²) < 4.78 is 5.42. The Morgan fingerprint density at radius 1 is 0.973 bits per heavy atom. The van der Waals surface area contributed by atoms with Crippen LogP contribution in [0.2, 0.25) is 0 Å². The van der Waals surface area contributed by atoms with E-state index in [2.05, 4.69) is 10.6 Å². The highest BCUT2D eigenvalue weighted by Gasteiger charge is 2.37. The molecule has 2 atom stereocenters. The summed E-state index contributed by atoms with van der Waals surface area (Å²) in [6.07, 6.45) is -0.0230. The zero-order valence-electron chi connectivity index (χ0n) is 23.8. The van der Waals surface area contributed by atoms with E-state index in [-0.39, 0.29) is 17.7 Å². The predicted molar refractivity (Wildman–Crippen MR) is 148 cm³/mol. The number of aryl methyl sites for hydroxylation is 3. The van der Waals surface area contributed by atoms with E-state index in [1.165, 1.54) is 0 Å². The molecule has 0 saturated heterocycles. The highest BCUT2D eigenvalue weighted by Crippen LogP contribution is 2.28. The zero-order chi connectivity index (χ0) is 27.9. The quantitative estimate of drug-likeness (QED) is 0.429. The van der Waals surface area contributed by atoms with E-state index in [1.54, 1.807) is 25.7 Å². The number of carbonyl (C=O) groups is 3. The van der Waals surface area contributed by atoms with Gasteiger partial charge in [0.1, 0.15) is 17.7 Å². The summed E-state index contributed by atoms with van der Waals surface area (Å²) in [6.45, 7) is 17.2. The predicted octanol–water partition coefficient (Wildman–Crippen LogP) is 6.08. The van der Waals surface area contributed by atoms with Crippen LogP contribution < -0.4 is 10.6 Å². The first-order chi connectivity index (χ1) is 17.2. The van der Waals surface area contributed by atoms with Crippen molar-refractivity contribution >= 4 is 23.6 Å². The van der Waals surface area contributed by atoms with Crippen molar-refractivity contribution in [1.82, 2.24) is 10.2 Å². The number of hydrogen-bond donors (Lipinski definition) is 2. The Bertz CT molecular complexity index is 1080. The van der Waals surface area contributed by atoms with Crippen molar-refractivity contribution in [1.29, 1.82) is 0 Å². The fourth-order valence-electron chi connectivity index (χ4n) is 4.25. The zero-order valence-corrected chi connectivity index (χ0v) is 23.8. The molecule has 2 rings (SSSR count). The van der Waals surface area contributed by atoms with E-state index in [1.807, 2.05) is 84.0 Å². The van der Waals surface area contributed by atoms with Crippen LogP contribution in [0.25, 0.3) is 0 Å². The van der Waals surface area contributed by atoms with Gasteiger partial charge in [-0.1, -0.05) is 68.8 Å². The molecule has 37 heavy (non-hydrogen) atoms. The lowest BCUT2D eigenvalue weighted by molar-refractivity contribution is -0.141. The number of para-hydroxylation sites is 1. The average molecular weight is 510 g/mol. The summed E-state index contributed by atoms with van der Waals surface area (Å²) in [4.78, 5) is 42.2. The molecule has 0 fully saturated rings. The van der Waals surface area contributed by atoms with Crippen molar-refractivity contribution in [2.75, 3.05) is 11.9 Å². The van der Waals surface area contributed by atoms with Crippen LogP contribution in [0.1, 0.15) is 76.3 Å². The Kier molecular flexibility index (Phi) is 10.3. The topological polar surface area (TPSA) is 87.7 Å². The summed E-state index contributed by atoms with van der Waals surface area (Å²) in [5.41, 5.74) is 3.62. The second-order valence-corrected chi connectivity index (χ2v) is 11.0. The van der Waals surface area contributed by atoms with Gasteiger partial charge in [0.25, 0.3) is 5.91 Å². The molecule has 0 aromatic heterocycles. The number of benzene rings is 2. The van der Waals surface area contributed by atoms with Gasteiger partial charge < -0.3 is 20.3 Å². The van der Waals surface area contributed by atoms with E-state index in [9.17, 15) is 14.4 Å². The lowest BCUT2D eigenvalue weighted by Crippen LogP contribution is -2.54. The van der Waals surface area contributed by atoms with E-state index in [0.717, 1.165) is 22.4 Å². The number of rotatable bonds is 9. The Morgan fingerprint density at radius 3 is 2.08 bits per heavy atom. The van der Waals surface area contributed by atoms with Gasteiger partial charge in [-0.3, -0.25) is 9.59 Å². The Hall–Kier alpha value is -3.35. The van der Waals surface area contributed by atoms with Crippen LogP contribution in [0.4, 0.5) is 10.5 Å². The molecule has 3 amide bonds. The van der Waals surface area contributed by atoms with Crippen LogP contribution in [0, 0.1) is 26.7 Å². The van der Waals surface area contributed by atoms with Crippen LogP contribution in [0.15, 0.2) is 42.5 Å². The van der Waals surface area contributed by atoms with Crippen molar-refractivity contribution in [3.8, 4) is 0 Å². The highest BCUT2D eigenvalue weighted by atomic mass is 16.6. The van der Waals surface area contributed by atoms with E-state index < -0.39 is 23.8 Å². The van der Waals surface area contributed by atoms with Crippen molar-refractivity contribution in [2.24, 2.45) is 5.92 Å². The molecular formula is C30H43N3O4. The molecule has 202 valence electrons. The highest BCUT2D eigenvalue weighted by molar-refractivity contribution is 6.00. The smallest absolute Gasteiger partial charge is 0.408 e. The minimum absolute atomic E-state index is 0.223. The van der Waals surface area contributed by atoms with Crippen LogP contribution in [0.3, 0.4) is 0 Å². The maximum Gasteiger partial charge on any atom is 0.408 e. The molecule has 0 radical (unpaired) electrons. The average Bonchev–Trinajstić information content (AvgIpc) is 2.78.